The number of imidazole rings is 1. The summed E-state index contributed by atoms with van der Waals surface area (Å²) in [6, 6.07) is 9.05. The maximum atomic E-state index is 13.9. The van der Waals surface area contributed by atoms with Gasteiger partial charge in [0, 0.05) is 30.4 Å². The van der Waals surface area contributed by atoms with Crippen LogP contribution in [0, 0.1) is 24.1 Å². The zero-order valence-corrected chi connectivity index (χ0v) is 30.4. The van der Waals surface area contributed by atoms with E-state index in [2.05, 4.69) is 49.9 Å². The maximum Gasteiger partial charge on any atom is 0.410 e. The van der Waals surface area contributed by atoms with E-state index in [-0.39, 0.29) is 23.8 Å². The van der Waals surface area contributed by atoms with Crippen molar-refractivity contribution in [3.05, 3.63) is 65.8 Å². The number of piperidine rings is 1. The van der Waals surface area contributed by atoms with E-state index in [0.717, 1.165) is 35.9 Å². The molecule has 0 bridgehead atoms. The summed E-state index contributed by atoms with van der Waals surface area (Å²) >= 11 is 0. The predicted octanol–water partition coefficient (Wildman–Crippen LogP) is 7.63. The number of pyridine rings is 2. The Balaban J connectivity index is 1.46. The largest absolute Gasteiger partial charge is 0.466 e. The summed E-state index contributed by atoms with van der Waals surface area (Å²) in [6.45, 7) is 19.8. The minimum absolute atomic E-state index is 0.0384. The fourth-order valence-corrected chi connectivity index (χ4v) is 6.50. The average Bonchev–Trinajstić information content (AvgIpc) is 3.61. The number of hydrogen-bond donors (Lipinski definition) is 0. The molecule has 256 valence electrons. The molecule has 1 saturated heterocycles. The molecule has 0 radical (unpaired) electrons. The molecule has 0 N–H and O–H groups in total. The van der Waals surface area contributed by atoms with Gasteiger partial charge in [0.15, 0.2) is 14.4 Å². The van der Waals surface area contributed by atoms with Gasteiger partial charge in [-0.1, -0.05) is 20.8 Å². The first-order valence-electron chi connectivity index (χ1n) is 16.3. The van der Waals surface area contributed by atoms with Crippen LogP contribution in [0.3, 0.4) is 0 Å². The highest BCUT2D eigenvalue weighted by atomic mass is 28.4. The lowest BCUT2D eigenvalue weighted by molar-refractivity contribution is 0.0184. The Morgan fingerprint density at radius 1 is 1.08 bits per heavy atom. The lowest BCUT2D eigenvalue weighted by Gasteiger charge is -2.37. The number of hydrogen-bond acceptors (Lipinski definition) is 8. The van der Waals surface area contributed by atoms with Crippen molar-refractivity contribution >= 4 is 20.1 Å². The Bertz CT molecular complexity index is 1810. The second-order valence-corrected chi connectivity index (χ2v) is 19.7. The van der Waals surface area contributed by atoms with Crippen molar-refractivity contribution in [3.8, 4) is 23.1 Å². The van der Waals surface area contributed by atoms with Crippen molar-refractivity contribution in [1.82, 2.24) is 29.0 Å². The number of likely N-dealkylation sites (tertiary alicyclic amines) is 1. The van der Waals surface area contributed by atoms with E-state index in [1.165, 1.54) is 12.3 Å². The van der Waals surface area contributed by atoms with Gasteiger partial charge in [0.2, 0.25) is 5.88 Å². The molecule has 4 aromatic rings. The Hall–Kier alpha value is -4.28. The molecule has 1 amide bonds. The van der Waals surface area contributed by atoms with Gasteiger partial charge < -0.3 is 18.8 Å². The minimum Gasteiger partial charge on any atom is -0.466 e. The Morgan fingerprint density at radius 3 is 2.40 bits per heavy atom. The first-order valence-corrected chi connectivity index (χ1v) is 19.2. The number of nitriles is 1. The molecule has 1 unspecified atom stereocenters. The zero-order valence-electron chi connectivity index (χ0n) is 29.4. The zero-order chi connectivity index (χ0) is 35.0. The third-order valence-electron chi connectivity index (χ3n) is 9.25. The van der Waals surface area contributed by atoms with E-state index < -0.39 is 25.8 Å². The Morgan fingerprint density at radius 2 is 1.79 bits per heavy atom. The van der Waals surface area contributed by atoms with E-state index >= 15 is 0 Å². The Labute approximate surface area is 282 Å². The van der Waals surface area contributed by atoms with Gasteiger partial charge in [-0.3, -0.25) is 14.1 Å². The number of halogens is 1. The fraction of sp³-hybridized carbons (Fsp3) is 0.514. The first kappa shape index (κ1) is 35.0. The molecule has 48 heavy (non-hydrogen) atoms. The summed E-state index contributed by atoms with van der Waals surface area (Å²) < 4.78 is 36.4. The van der Waals surface area contributed by atoms with Crippen molar-refractivity contribution in [2.75, 3.05) is 19.7 Å². The van der Waals surface area contributed by atoms with Crippen LogP contribution >= 0.6 is 0 Å². The average molecular weight is 676 g/mol. The second kappa shape index (κ2) is 13.3. The molecular formula is C35H46FN7O4Si. The number of nitrogens with zero attached hydrogens (tertiary/aromatic N) is 7. The molecule has 1 atom stereocenters. The summed E-state index contributed by atoms with van der Waals surface area (Å²) in [5.41, 5.74) is 3.49. The van der Waals surface area contributed by atoms with E-state index in [0.29, 0.717) is 36.0 Å². The third kappa shape index (κ3) is 7.55. The molecule has 4 aromatic heterocycles. The van der Waals surface area contributed by atoms with E-state index in [1.54, 1.807) is 15.4 Å². The number of ether oxygens (including phenoxy) is 2. The van der Waals surface area contributed by atoms with Gasteiger partial charge in [0.05, 0.1) is 36.9 Å². The van der Waals surface area contributed by atoms with Crippen molar-refractivity contribution < 1.29 is 23.1 Å². The van der Waals surface area contributed by atoms with Crippen LogP contribution in [-0.2, 0) is 9.16 Å². The van der Waals surface area contributed by atoms with Crippen LogP contribution in [0.1, 0.15) is 83.6 Å². The molecule has 5 heterocycles. The van der Waals surface area contributed by atoms with Crippen molar-refractivity contribution in [1.29, 1.82) is 5.26 Å². The summed E-state index contributed by atoms with van der Waals surface area (Å²) in [5.74, 6) is -0.0686. The molecule has 1 fully saturated rings. The van der Waals surface area contributed by atoms with Crippen LogP contribution in [0.15, 0.2) is 42.9 Å². The van der Waals surface area contributed by atoms with Crippen LogP contribution in [0.5, 0.6) is 5.88 Å². The van der Waals surface area contributed by atoms with Crippen molar-refractivity contribution in [2.45, 2.75) is 97.2 Å². The maximum absolute atomic E-state index is 13.9. The van der Waals surface area contributed by atoms with Crippen LogP contribution in [0.25, 0.3) is 16.8 Å². The summed E-state index contributed by atoms with van der Waals surface area (Å²) in [4.78, 5) is 23.2. The standard InChI is InChI=1S/C35H46FN7O4Si/c1-23-28(21-40-43(23)26-12-14-41(15-13-26)33(44)47-34(2,3)4)24-16-31-39-20-27(18-37)42(31)32(17-24)46-30(29-11-10-25(36)19-38-29)22-45-48(8,9)35(5,6)7/h10-11,16-17,19-21,26,30H,12-15,22H2,1-9H3. The van der Waals surface area contributed by atoms with Gasteiger partial charge in [0.1, 0.15) is 28.8 Å². The summed E-state index contributed by atoms with van der Waals surface area (Å²) in [6.07, 6.45) is 5.03. The van der Waals surface area contributed by atoms with Crippen LogP contribution in [-0.4, -0.2) is 68.8 Å². The molecule has 0 saturated carbocycles. The number of amides is 1. The fourth-order valence-electron chi connectivity index (χ4n) is 5.50. The number of carbonyl (C=O) groups is 1. The first-order chi connectivity index (χ1) is 22.5. The summed E-state index contributed by atoms with van der Waals surface area (Å²) in [5, 5.41) is 14.7. The lowest BCUT2D eigenvalue weighted by atomic mass is 10.0. The van der Waals surface area contributed by atoms with E-state index in [1.807, 2.05) is 50.7 Å². The highest BCUT2D eigenvalue weighted by Gasteiger charge is 2.38. The van der Waals surface area contributed by atoms with Crippen molar-refractivity contribution in [2.24, 2.45) is 0 Å². The molecule has 11 nitrogen and oxygen atoms in total. The molecule has 1 aliphatic heterocycles. The molecule has 13 heteroatoms. The minimum atomic E-state index is -2.19. The van der Waals surface area contributed by atoms with Gasteiger partial charge in [-0.2, -0.15) is 10.4 Å². The van der Waals surface area contributed by atoms with Gasteiger partial charge in [-0.05, 0) is 82.4 Å². The van der Waals surface area contributed by atoms with Crippen molar-refractivity contribution in [3.63, 3.8) is 0 Å². The lowest BCUT2D eigenvalue weighted by Crippen LogP contribution is -2.42. The van der Waals surface area contributed by atoms with Crippen LogP contribution in [0.4, 0.5) is 9.18 Å². The highest BCUT2D eigenvalue weighted by Crippen LogP contribution is 2.38. The van der Waals surface area contributed by atoms with Gasteiger partial charge in [-0.25, -0.2) is 14.2 Å². The van der Waals surface area contributed by atoms with Gasteiger partial charge in [-0.15, -0.1) is 0 Å². The third-order valence-corrected chi connectivity index (χ3v) is 13.8. The highest BCUT2D eigenvalue weighted by molar-refractivity contribution is 6.74. The Kier molecular flexibility index (Phi) is 9.72. The SMILES string of the molecule is Cc1c(-c2cc(OC(CO[Si](C)(C)C(C)(C)C)c3ccc(F)cn3)n3c(C#N)cnc3c2)cnn1C1CCN(C(=O)OC(C)(C)C)CC1. The van der Waals surface area contributed by atoms with Crippen LogP contribution < -0.4 is 4.74 Å². The van der Waals surface area contributed by atoms with E-state index in [9.17, 15) is 14.4 Å². The smallest absolute Gasteiger partial charge is 0.410 e. The monoisotopic (exact) mass is 675 g/mol. The molecular weight excluding hydrogens is 630 g/mol. The second-order valence-electron chi connectivity index (χ2n) is 14.9. The molecule has 0 aliphatic carbocycles. The van der Waals surface area contributed by atoms with Crippen LogP contribution in [0.2, 0.25) is 18.1 Å². The number of aromatic nitrogens is 5. The molecule has 5 rings (SSSR count). The van der Waals surface area contributed by atoms with E-state index in [4.69, 9.17) is 19.0 Å². The predicted molar refractivity (Wildman–Crippen MR) is 183 cm³/mol. The molecule has 0 aromatic carbocycles. The number of rotatable bonds is 8. The quantitative estimate of drug-likeness (QED) is 0.175. The molecule has 1 aliphatic rings. The number of carbonyl (C=O) groups excluding carboxylic acids is 1. The van der Waals surface area contributed by atoms with Gasteiger partial charge >= 0.3 is 6.09 Å². The van der Waals surface area contributed by atoms with Gasteiger partial charge in [0.25, 0.3) is 0 Å². The normalized spacial score (nSPS) is 15.4. The topological polar surface area (TPSA) is 120 Å². The summed E-state index contributed by atoms with van der Waals surface area (Å²) in [7, 11) is -2.19. The number of fused-ring (bicyclic) bond motifs is 1. The molecule has 0 spiro atoms.